The van der Waals surface area contributed by atoms with Crippen molar-refractivity contribution in [2.24, 2.45) is 0 Å². The minimum absolute atomic E-state index is 0.0660. The van der Waals surface area contributed by atoms with E-state index >= 15 is 0 Å². The Morgan fingerprint density at radius 2 is 1.59 bits per heavy atom. The van der Waals surface area contributed by atoms with Crippen LogP contribution in [-0.4, -0.2) is 14.3 Å². The fourth-order valence-corrected chi connectivity index (χ4v) is 3.76. The molecule has 1 amide bonds. The number of rotatable bonds is 5. The molecule has 138 valence electrons. The molecule has 2 N–H and O–H groups in total. The molecule has 3 rings (SSSR count). The zero-order valence-corrected chi connectivity index (χ0v) is 16.0. The zero-order chi connectivity index (χ0) is 19.4. The molecule has 0 atom stereocenters. The molecular weight excluding hydrogens is 384 g/mol. The Labute approximate surface area is 163 Å². The molecule has 0 radical (unpaired) electrons. The lowest BCUT2D eigenvalue weighted by molar-refractivity contribution is 0.102. The number of amides is 1. The van der Waals surface area contributed by atoms with Gasteiger partial charge in [-0.1, -0.05) is 35.9 Å². The predicted molar refractivity (Wildman–Crippen MR) is 108 cm³/mol. The van der Waals surface area contributed by atoms with E-state index in [1.807, 2.05) is 13.0 Å². The van der Waals surface area contributed by atoms with Crippen LogP contribution in [0.3, 0.4) is 0 Å². The maximum atomic E-state index is 12.4. The lowest BCUT2D eigenvalue weighted by Crippen LogP contribution is -2.15. The van der Waals surface area contributed by atoms with Gasteiger partial charge in [0.15, 0.2) is 0 Å². The molecule has 0 saturated heterocycles. The molecule has 0 unspecified atom stereocenters. The average molecular weight is 401 g/mol. The van der Waals surface area contributed by atoms with E-state index in [-0.39, 0.29) is 10.8 Å². The Bertz CT molecular complexity index is 1070. The number of sulfonamides is 1. The molecule has 0 heterocycles. The van der Waals surface area contributed by atoms with Crippen LogP contribution in [-0.2, 0) is 10.0 Å². The highest BCUT2D eigenvalue weighted by Crippen LogP contribution is 2.23. The second-order valence-electron chi connectivity index (χ2n) is 5.93. The van der Waals surface area contributed by atoms with Gasteiger partial charge in [0.1, 0.15) is 0 Å². The van der Waals surface area contributed by atoms with Crippen molar-refractivity contribution in [3.63, 3.8) is 0 Å². The van der Waals surface area contributed by atoms with Gasteiger partial charge in [-0.3, -0.25) is 9.52 Å². The van der Waals surface area contributed by atoms with Crippen LogP contribution in [0.1, 0.15) is 15.9 Å². The SMILES string of the molecule is Cc1ccc(NC(=O)c2ccc(S(=O)(=O)Nc3ccccc3)cc2)c(Cl)c1. The van der Waals surface area contributed by atoms with Gasteiger partial charge < -0.3 is 5.32 Å². The van der Waals surface area contributed by atoms with E-state index in [0.717, 1.165) is 5.56 Å². The van der Waals surface area contributed by atoms with Crippen molar-refractivity contribution in [2.45, 2.75) is 11.8 Å². The standard InChI is InChI=1S/C20H17ClN2O3S/c1-14-7-12-19(18(21)13-14)22-20(24)15-8-10-17(11-9-15)27(25,26)23-16-5-3-2-4-6-16/h2-13,23H,1H3,(H,22,24). The molecule has 0 aliphatic rings. The largest absolute Gasteiger partial charge is 0.321 e. The van der Waals surface area contributed by atoms with Gasteiger partial charge in [-0.05, 0) is 61.0 Å². The van der Waals surface area contributed by atoms with Crippen molar-refractivity contribution >= 4 is 38.9 Å². The van der Waals surface area contributed by atoms with E-state index in [9.17, 15) is 13.2 Å². The average Bonchev–Trinajstić information content (AvgIpc) is 2.64. The molecule has 0 fully saturated rings. The van der Waals surface area contributed by atoms with E-state index in [1.165, 1.54) is 24.3 Å². The maximum absolute atomic E-state index is 12.4. The van der Waals surface area contributed by atoms with Crippen LogP contribution in [0.5, 0.6) is 0 Å². The molecule has 27 heavy (non-hydrogen) atoms. The van der Waals surface area contributed by atoms with E-state index in [2.05, 4.69) is 10.0 Å². The molecule has 7 heteroatoms. The molecule has 3 aromatic carbocycles. The number of aryl methyl sites for hydroxylation is 1. The second-order valence-corrected chi connectivity index (χ2v) is 8.02. The van der Waals surface area contributed by atoms with Gasteiger partial charge in [-0.25, -0.2) is 8.42 Å². The summed E-state index contributed by atoms with van der Waals surface area (Å²) in [5.74, 6) is -0.374. The van der Waals surface area contributed by atoms with Crippen molar-refractivity contribution in [3.05, 3.63) is 88.9 Å². The molecule has 0 bridgehead atoms. The lowest BCUT2D eigenvalue weighted by atomic mass is 10.2. The number of para-hydroxylation sites is 1. The van der Waals surface area contributed by atoms with E-state index in [4.69, 9.17) is 11.6 Å². The number of nitrogens with one attached hydrogen (secondary N) is 2. The molecule has 0 aliphatic carbocycles. The number of hydrogen-bond donors (Lipinski definition) is 2. The molecule has 0 aliphatic heterocycles. The topological polar surface area (TPSA) is 75.3 Å². The number of hydrogen-bond acceptors (Lipinski definition) is 3. The number of benzene rings is 3. The summed E-state index contributed by atoms with van der Waals surface area (Å²) in [5, 5.41) is 3.16. The highest BCUT2D eigenvalue weighted by Gasteiger charge is 2.15. The quantitative estimate of drug-likeness (QED) is 0.651. The first-order valence-corrected chi connectivity index (χ1v) is 9.97. The monoisotopic (exact) mass is 400 g/mol. The smallest absolute Gasteiger partial charge is 0.261 e. The van der Waals surface area contributed by atoms with Crippen LogP contribution in [0.2, 0.25) is 5.02 Å². The van der Waals surface area contributed by atoms with Crippen LogP contribution in [0.15, 0.2) is 77.7 Å². The summed E-state index contributed by atoms with van der Waals surface area (Å²) < 4.78 is 27.3. The first-order chi connectivity index (χ1) is 12.8. The van der Waals surface area contributed by atoms with Crippen LogP contribution in [0.25, 0.3) is 0 Å². The van der Waals surface area contributed by atoms with Gasteiger partial charge in [-0.2, -0.15) is 0 Å². The Hall–Kier alpha value is -2.83. The Morgan fingerprint density at radius 3 is 2.22 bits per heavy atom. The summed E-state index contributed by atoms with van der Waals surface area (Å²) in [6.45, 7) is 1.90. The molecule has 5 nitrogen and oxygen atoms in total. The van der Waals surface area contributed by atoms with Crippen LogP contribution >= 0.6 is 11.6 Å². The fraction of sp³-hybridized carbons (Fsp3) is 0.0500. The lowest BCUT2D eigenvalue weighted by Gasteiger charge is -2.10. The third-order valence-corrected chi connectivity index (χ3v) is 5.54. The van der Waals surface area contributed by atoms with Gasteiger partial charge in [0.25, 0.3) is 15.9 Å². The van der Waals surface area contributed by atoms with E-state index < -0.39 is 10.0 Å². The number of halogens is 1. The van der Waals surface area contributed by atoms with Gasteiger partial charge in [0.2, 0.25) is 0 Å². The minimum atomic E-state index is -3.73. The van der Waals surface area contributed by atoms with E-state index in [1.54, 1.807) is 42.5 Å². The predicted octanol–water partition coefficient (Wildman–Crippen LogP) is 4.70. The van der Waals surface area contributed by atoms with Gasteiger partial charge >= 0.3 is 0 Å². The first kappa shape index (κ1) is 18.9. The van der Waals surface area contributed by atoms with Crippen molar-refractivity contribution in [3.8, 4) is 0 Å². The van der Waals surface area contributed by atoms with Gasteiger partial charge in [0, 0.05) is 11.3 Å². The Balaban J connectivity index is 1.75. The van der Waals surface area contributed by atoms with Gasteiger partial charge in [0.05, 0.1) is 15.6 Å². The molecule has 3 aromatic rings. The summed E-state index contributed by atoms with van der Waals surface area (Å²) >= 11 is 6.12. The van der Waals surface area contributed by atoms with Crippen LogP contribution < -0.4 is 10.0 Å². The number of anilines is 2. The number of carbonyl (C=O) groups is 1. The zero-order valence-electron chi connectivity index (χ0n) is 14.4. The summed E-state index contributed by atoms with van der Waals surface area (Å²) in [7, 11) is -3.73. The highest BCUT2D eigenvalue weighted by atomic mass is 35.5. The summed E-state index contributed by atoms with van der Waals surface area (Å²) in [4.78, 5) is 12.4. The third-order valence-electron chi connectivity index (χ3n) is 3.83. The summed E-state index contributed by atoms with van der Waals surface area (Å²) in [6.07, 6.45) is 0. The molecule has 0 spiro atoms. The van der Waals surface area contributed by atoms with Crippen molar-refractivity contribution < 1.29 is 13.2 Å². The molecule has 0 aromatic heterocycles. The maximum Gasteiger partial charge on any atom is 0.261 e. The van der Waals surface area contributed by atoms with Gasteiger partial charge in [-0.15, -0.1) is 0 Å². The van der Waals surface area contributed by atoms with Crippen molar-refractivity contribution in [1.29, 1.82) is 0 Å². The molecular formula is C20H17ClN2O3S. The second kappa shape index (κ2) is 7.82. The Kier molecular flexibility index (Phi) is 5.48. The van der Waals surface area contributed by atoms with Crippen molar-refractivity contribution in [2.75, 3.05) is 10.0 Å². The summed E-state index contributed by atoms with van der Waals surface area (Å²) in [5.41, 5.74) is 2.27. The van der Waals surface area contributed by atoms with Crippen LogP contribution in [0, 0.1) is 6.92 Å². The molecule has 0 saturated carbocycles. The Morgan fingerprint density at radius 1 is 0.926 bits per heavy atom. The van der Waals surface area contributed by atoms with E-state index in [0.29, 0.717) is 22.0 Å². The number of carbonyl (C=O) groups excluding carboxylic acids is 1. The first-order valence-electron chi connectivity index (χ1n) is 8.10. The van der Waals surface area contributed by atoms with Crippen LogP contribution in [0.4, 0.5) is 11.4 Å². The highest BCUT2D eigenvalue weighted by molar-refractivity contribution is 7.92. The third kappa shape index (κ3) is 4.67. The summed E-state index contributed by atoms with van der Waals surface area (Å²) in [6, 6.07) is 19.6. The van der Waals surface area contributed by atoms with Crippen molar-refractivity contribution in [1.82, 2.24) is 0 Å². The fourth-order valence-electron chi connectivity index (χ4n) is 2.42. The normalized spacial score (nSPS) is 11.0. The minimum Gasteiger partial charge on any atom is -0.321 e.